The van der Waals surface area contributed by atoms with E-state index in [1.807, 2.05) is 0 Å². The van der Waals surface area contributed by atoms with Gasteiger partial charge in [-0.1, -0.05) is 30.3 Å². The molecule has 1 amide bonds. The van der Waals surface area contributed by atoms with Gasteiger partial charge in [-0.15, -0.1) is 0 Å². The van der Waals surface area contributed by atoms with Crippen LogP contribution in [0, 0.1) is 5.82 Å². The molecule has 0 fully saturated rings. The molecule has 6 heteroatoms. The Morgan fingerprint density at radius 2 is 1.70 bits per heavy atom. The lowest BCUT2D eigenvalue weighted by Crippen LogP contribution is -2.46. The summed E-state index contributed by atoms with van der Waals surface area (Å²) in [5.41, 5.74) is -0.867. The van der Waals surface area contributed by atoms with Crippen molar-refractivity contribution in [1.29, 1.82) is 0 Å². The molecule has 0 radical (unpaired) electrons. The standard InChI is InChI=1S/C21H20FNO4/c1-21(2,3)23(20(25)26-4)19-17(13-9-5-7-11-15(13)22)18(24)14-10-6-8-12-16(14)27-19/h5-12H,1-4H3. The molecule has 0 saturated heterocycles. The van der Waals surface area contributed by atoms with Crippen LogP contribution in [-0.2, 0) is 4.74 Å². The van der Waals surface area contributed by atoms with E-state index in [1.165, 1.54) is 30.2 Å². The van der Waals surface area contributed by atoms with Crippen molar-refractivity contribution in [2.75, 3.05) is 12.0 Å². The molecule has 0 bridgehead atoms. The number of halogens is 1. The van der Waals surface area contributed by atoms with Crippen LogP contribution in [0.15, 0.2) is 57.7 Å². The van der Waals surface area contributed by atoms with E-state index in [0.717, 1.165) is 0 Å². The highest BCUT2D eigenvalue weighted by molar-refractivity contribution is 5.95. The van der Waals surface area contributed by atoms with Crippen molar-refractivity contribution in [1.82, 2.24) is 0 Å². The van der Waals surface area contributed by atoms with Crippen molar-refractivity contribution in [2.24, 2.45) is 0 Å². The molecule has 0 aliphatic rings. The Bertz CT molecular complexity index is 1070. The fourth-order valence-corrected chi connectivity index (χ4v) is 2.94. The molecule has 0 saturated carbocycles. The number of benzene rings is 2. The first-order chi connectivity index (χ1) is 12.8. The summed E-state index contributed by atoms with van der Waals surface area (Å²) >= 11 is 0. The van der Waals surface area contributed by atoms with Crippen LogP contribution < -0.4 is 10.3 Å². The molecule has 5 nitrogen and oxygen atoms in total. The van der Waals surface area contributed by atoms with Gasteiger partial charge in [0.15, 0.2) is 0 Å². The zero-order chi connectivity index (χ0) is 19.8. The zero-order valence-corrected chi connectivity index (χ0v) is 15.6. The number of ether oxygens (including phenoxy) is 1. The maximum Gasteiger partial charge on any atom is 0.416 e. The molecule has 0 atom stereocenters. The van der Waals surface area contributed by atoms with Crippen LogP contribution in [0.25, 0.3) is 22.1 Å². The van der Waals surface area contributed by atoms with Crippen molar-refractivity contribution < 1.29 is 18.3 Å². The Morgan fingerprint density at radius 3 is 2.33 bits per heavy atom. The van der Waals surface area contributed by atoms with E-state index in [4.69, 9.17) is 9.15 Å². The van der Waals surface area contributed by atoms with E-state index in [2.05, 4.69) is 0 Å². The average molecular weight is 369 g/mol. The number of carbonyl (C=O) groups is 1. The summed E-state index contributed by atoms with van der Waals surface area (Å²) in [6.07, 6.45) is -0.710. The molecular formula is C21H20FNO4. The van der Waals surface area contributed by atoms with E-state index in [1.54, 1.807) is 51.1 Å². The summed E-state index contributed by atoms with van der Waals surface area (Å²) in [6.45, 7) is 5.30. The summed E-state index contributed by atoms with van der Waals surface area (Å²) < 4.78 is 25.4. The number of hydrogen-bond donors (Lipinski definition) is 0. The van der Waals surface area contributed by atoms with E-state index in [-0.39, 0.29) is 17.0 Å². The first kappa shape index (κ1) is 18.6. The number of hydrogen-bond acceptors (Lipinski definition) is 4. The van der Waals surface area contributed by atoms with Crippen LogP contribution in [0.5, 0.6) is 0 Å². The molecule has 27 heavy (non-hydrogen) atoms. The molecule has 140 valence electrons. The Labute approximate surface area is 156 Å². The molecule has 2 aromatic carbocycles. The number of fused-ring (bicyclic) bond motifs is 1. The SMILES string of the molecule is COC(=O)N(c1oc2ccccc2c(=O)c1-c1ccccc1F)C(C)(C)C. The quantitative estimate of drug-likeness (QED) is 0.640. The molecule has 0 unspecified atom stereocenters. The molecule has 3 aromatic rings. The highest BCUT2D eigenvalue weighted by atomic mass is 19.1. The largest absolute Gasteiger partial charge is 0.452 e. The molecule has 3 rings (SSSR count). The Balaban J connectivity index is 2.47. The second-order valence-electron chi connectivity index (χ2n) is 7.06. The predicted octanol–water partition coefficient (Wildman–Crippen LogP) is 4.97. The molecule has 0 aliphatic carbocycles. The third-order valence-electron chi connectivity index (χ3n) is 4.15. The number of anilines is 1. The van der Waals surface area contributed by atoms with Crippen LogP contribution in [0.3, 0.4) is 0 Å². The van der Waals surface area contributed by atoms with Crippen LogP contribution >= 0.6 is 0 Å². The number of amides is 1. The van der Waals surface area contributed by atoms with Crippen molar-refractivity contribution in [2.45, 2.75) is 26.3 Å². The number of rotatable bonds is 2. The Morgan fingerprint density at radius 1 is 1.07 bits per heavy atom. The van der Waals surface area contributed by atoms with Crippen molar-refractivity contribution in [3.8, 4) is 11.1 Å². The van der Waals surface area contributed by atoms with E-state index in [0.29, 0.717) is 11.0 Å². The highest BCUT2D eigenvalue weighted by Gasteiger charge is 2.35. The topological polar surface area (TPSA) is 59.8 Å². The van der Waals surface area contributed by atoms with Gasteiger partial charge in [-0.2, -0.15) is 0 Å². The van der Waals surface area contributed by atoms with Gasteiger partial charge >= 0.3 is 6.09 Å². The minimum atomic E-state index is -0.786. The maximum absolute atomic E-state index is 14.6. The van der Waals surface area contributed by atoms with Gasteiger partial charge in [-0.05, 0) is 39.0 Å². The first-order valence-corrected chi connectivity index (χ1v) is 8.44. The molecule has 0 spiro atoms. The van der Waals surface area contributed by atoms with Gasteiger partial charge in [-0.3, -0.25) is 4.79 Å². The average Bonchev–Trinajstić information content (AvgIpc) is 2.62. The van der Waals surface area contributed by atoms with E-state index < -0.39 is 22.9 Å². The van der Waals surface area contributed by atoms with Crippen LogP contribution in [0.1, 0.15) is 20.8 Å². The lowest BCUT2D eigenvalue weighted by molar-refractivity contribution is 0.171. The van der Waals surface area contributed by atoms with Crippen molar-refractivity contribution in [3.05, 3.63) is 64.6 Å². The smallest absolute Gasteiger partial charge is 0.416 e. The predicted molar refractivity (Wildman–Crippen MR) is 103 cm³/mol. The molecule has 1 heterocycles. The lowest BCUT2D eigenvalue weighted by atomic mass is 10.0. The zero-order valence-electron chi connectivity index (χ0n) is 15.6. The van der Waals surface area contributed by atoms with Crippen molar-refractivity contribution in [3.63, 3.8) is 0 Å². The summed E-state index contributed by atoms with van der Waals surface area (Å²) in [5, 5.41) is 0.304. The molecular weight excluding hydrogens is 349 g/mol. The summed E-state index contributed by atoms with van der Waals surface area (Å²) in [4.78, 5) is 27.0. The molecule has 0 aliphatic heterocycles. The second-order valence-corrected chi connectivity index (χ2v) is 7.06. The minimum Gasteiger partial charge on any atom is -0.452 e. The van der Waals surface area contributed by atoms with Gasteiger partial charge in [0.2, 0.25) is 11.3 Å². The summed E-state index contributed by atoms with van der Waals surface area (Å²) in [6, 6.07) is 12.5. The maximum atomic E-state index is 14.6. The number of para-hydroxylation sites is 1. The first-order valence-electron chi connectivity index (χ1n) is 8.44. The Hall–Kier alpha value is -3.15. The van der Waals surface area contributed by atoms with Crippen molar-refractivity contribution >= 4 is 22.9 Å². The monoisotopic (exact) mass is 369 g/mol. The fraction of sp³-hybridized carbons (Fsp3) is 0.238. The third-order valence-corrected chi connectivity index (χ3v) is 4.15. The van der Waals surface area contributed by atoms with E-state index in [9.17, 15) is 14.0 Å². The molecule has 0 N–H and O–H groups in total. The van der Waals surface area contributed by atoms with E-state index >= 15 is 0 Å². The third kappa shape index (κ3) is 3.30. The normalized spacial score (nSPS) is 11.4. The van der Waals surface area contributed by atoms with Gasteiger partial charge < -0.3 is 9.15 Å². The fourth-order valence-electron chi connectivity index (χ4n) is 2.94. The number of carbonyl (C=O) groups excluding carboxylic acids is 1. The lowest BCUT2D eigenvalue weighted by Gasteiger charge is -2.33. The molecule has 1 aromatic heterocycles. The summed E-state index contributed by atoms with van der Waals surface area (Å²) in [7, 11) is 1.24. The Kier molecular flexibility index (Phi) is 4.74. The van der Waals surface area contributed by atoms with Crippen LogP contribution in [0.4, 0.5) is 15.1 Å². The second kappa shape index (κ2) is 6.87. The van der Waals surface area contributed by atoms with Gasteiger partial charge in [0, 0.05) is 11.1 Å². The van der Waals surface area contributed by atoms with Gasteiger partial charge in [0.05, 0.1) is 18.1 Å². The van der Waals surface area contributed by atoms with Crippen LogP contribution in [-0.4, -0.2) is 18.7 Å². The van der Waals surface area contributed by atoms with Gasteiger partial charge in [0.1, 0.15) is 11.4 Å². The number of nitrogens with zero attached hydrogens (tertiary/aromatic N) is 1. The number of methoxy groups -OCH3 is 1. The van der Waals surface area contributed by atoms with Gasteiger partial charge in [0.25, 0.3) is 0 Å². The van der Waals surface area contributed by atoms with Gasteiger partial charge in [-0.25, -0.2) is 14.1 Å². The summed E-state index contributed by atoms with van der Waals surface area (Å²) in [5.74, 6) is -0.636. The minimum absolute atomic E-state index is 0.0212. The van der Waals surface area contributed by atoms with Crippen LogP contribution in [0.2, 0.25) is 0 Å². The highest BCUT2D eigenvalue weighted by Crippen LogP contribution is 2.36.